The van der Waals surface area contributed by atoms with Crippen LogP contribution in [0.25, 0.3) is 0 Å². The average molecular weight is 393 g/mol. The molecule has 3 aromatic rings. The Hall–Kier alpha value is -3.34. The number of hydrogen-bond donors (Lipinski definition) is 1. The Labute approximate surface area is 170 Å². The molecule has 0 aliphatic rings. The standard InChI is InChI=1S/C24H24FNO3/c1-15-10-16(2)17(3)23(11-15)29-14-19-12-18(8-9-22(19)28-4)24(27)26-21-7-5-6-20(25)13-21/h5-13H,14H2,1-4H3,(H,26,27). The molecule has 1 N–H and O–H groups in total. The van der Waals surface area contributed by atoms with Crippen LogP contribution in [0.4, 0.5) is 10.1 Å². The van der Waals surface area contributed by atoms with Crippen LogP contribution in [0.3, 0.4) is 0 Å². The van der Waals surface area contributed by atoms with Crippen LogP contribution in [0.5, 0.6) is 11.5 Å². The van der Waals surface area contributed by atoms with Crippen LogP contribution in [0.2, 0.25) is 0 Å². The second kappa shape index (κ2) is 8.78. The monoisotopic (exact) mass is 393 g/mol. The Kier molecular flexibility index (Phi) is 6.17. The molecule has 0 heterocycles. The van der Waals surface area contributed by atoms with Crippen molar-refractivity contribution in [2.45, 2.75) is 27.4 Å². The van der Waals surface area contributed by atoms with Gasteiger partial charge in [-0.15, -0.1) is 0 Å². The molecule has 0 aromatic heterocycles. The lowest BCUT2D eigenvalue weighted by molar-refractivity contribution is 0.102. The number of rotatable bonds is 6. The third kappa shape index (κ3) is 4.93. The molecule has 0 atom stereocenters. The first-order valence-electron chi connectivity index (χ1n) is 9.32. The maximum absolute atomic E-state index is 13.3. The molecule has 3 aromatic carbocycles. The second-order valence-corrected chi connectivity index (χ2v) is 6.98. The van der Waals surface area contributed by atoms with Gasteiger partial charge in [-0.3, -0.25) is 4.79 Å². The van der Waals surface area contributed by atoms with E-state index in [1.54, 1.807) is 37.4 Å². The summed E-state index contributed by atoms with van der Waals surface area (Å²) >= 11 is 0. The first kappa shape index (κ1) is 20.4. The summed E-state index contributed by atoms with van der Waals surface area (Å²) in [6, 6.07) is 15.0. The normalized spacial score (nSPS) is 10.5. The van der Waals surface area contributed by atoms with Gasteiger partial charge in [0.2, 0.25) is 0 Å². The predicted molar refractivity (Wildman–Crippen MR) is 112 cm³/mol. The van der Waals surface area contributed by atoms with E-state index in [0.717, 1.165) is 28.0 Å². The van der Waals surface area contributed by atoms with Crippen molar-refractivity contribution in [1.82, 2.24) is 0 Å². The summed E-state index contributed by atoms with van der Waals surface area (Å²) < 4.78 is 24.8. The summed E-state index contributed by atoms with van der Waals surface area (Å²) in [5.41, 5.74) is 4.95. The van der Waals surface area contributed by atoms with Crippen LogP contribution in [-0.2, 0) is 6.61 Å². The molecule has 0 aliphatic carbocycles. The molecule has 3 rings (SSSR count). The number of aryl methyl sites for hydroxylation is 2. The van der Waals surface area contributed by atoms with E-state index >= 15 is 0 Å². The number of benzene rings is 3. The number of ether oxygens (including phenoxy) is 2. The smallest absolute Gasteiger partial charge is 0.255 e. The Morgan fingerprint density at radius 3 is 2.52 bits per heavy atom. The second-order valence-electron chi connectivity index (χ2n) is 6.98. The lowest BCUT2D eigenvalue weighted by atomic mass is 10.1. The van der Waals surface area contributed by atoms with Crippen molar-refractivity contribution < 1.29 is 18.7 Å². The van der Waals surface area contributed by atoms with Gasteiger partial charge in [-0.2, -0.15) is 0 Å². The van der Waals surface area contributed by atoms with Gasteiger partial charge in [0.25, 0.3) is 5.91 Å². The molecular formula is C24H24FNO3. The molecule has 5 heteroatoms. The maximum atomic E-state index is 13.3. The molecule has 0 saturated carbocycles. The highest BCUT2D eigenvalue weighted by Gasteiger charge is 2.13. The van der Waals surface area contributed by atoms with Crippen molar-refractivity contribution in [3.63, 3.8) is 0 Å². The molecule has 0 fully saturated rings. The van der Waals surface area contributed by atoms with E-state index < -0.39 is 5.82 Å². The van der Waals surface area contributed by atoms with Crippen LogP contribution in [0, 0.1) is 26.6 Å². The van der Waals surface area contributed by atoms with Crippen molar-refractivity contribution in [3.05, 3.63) is 88.2 Å². The minimum atomic E-state index is -0.407. The highest BCUT2D eigenvalue weighted by Crippen LogP contribution is 2.27. The number of halogens is 1. The van der Waals surface area contributed by atoms with Crippen molar-refractivity contribution in [3.8, 4) is 11.5 Å². The van der Waals surface area contributed by atoms with Gasteiger partial charge in [-0.25, -0.2) is 4.39 Å². The minimum absolute atomic E-state index is 0.258. The van der Waals surface area contributed by atoms with Gasteiger partial charge in [0.1, 0.15) is 23.9 Å². The van der Waals surface area contributed by atoms with Crippen LogP contribution >= 0.6 is 0 Å². The van der Waals surface area contributed by atoms with Crippen molar-refractivity contribution in [1.29, 1.82) is 0 Å². The number of anilines is 1. The molecule has 0 aliphatic heterocycles. The Balaban J connectivity index is 1.81. The van der Waals surface area contributed by atoms with Crippen LogP contribution in [-0.4, -0.2) is 13.0 Å². The van der Waals surface area contributed by atoms with E-state index in [1.165, 1.54) is 12.1 Å². The van der Waals surface area contributed by atoms with E-state index in [0.29, 0.717) is 17.0 Å². The summed E-state index contributed by atoms with van der Waals surface area (Å²) in [5, 5.41) is 2.70. The summed E-state index contributed by atoms with van der Waals surface area (Å²) in [5.74, 6) is 0.700. The average Bonchev–Trinajstić information content (AvgIpc) is 2.69. The molecular weight excluding hydrogens is 369 g/mol. The van der Waals surface area contributed by atoms with Crippen molar-refractivity contribution in [2.24, 2.45) is 0 Å². The number of amides is 1. The van der Waals surface area contributed by atoms with Gasteiger partial charge >= 0.3 is 0 Å². The zero-order valence-electron chi connectivity index (χ0n) is 17.0. The molecule has 0 radical (unpaired) electrons. The van der Waals surface area contributed by atoms with E-state index in [1.807, 2.05) is 26.8 Å². The summed E-state index contributed by atoms with van der Waals surface area (Å²) in [6.07, 6.45) is 0. The molecule has 4 nitrogen and oxygen atoms in total. The van der Waals surface area contributed by atoms with Gasteiger partial charge in [-0.1, -0.05) is 12.1 Å². The molecule has 150 valence electrons. The van der Waals surface area contributed by atoms with Crippen molar-refractivity contribution >= 4 is 11.6 Å². The first-order valence-corrected chi connectivity index (χ1v) is 9.32. The quantitative estimate of drug-likeness (QED) is 0.594. The van der Waals surface area contributed by atoms with Crippen LogP contribution in [0.15, 0.2) is 54.6 Å². The predicted octanol–water partition coefficient (Wildman–Crippen LogP) is 5.59. The van der Waals surface area contributed by atoms with Gasteiger partial charge in [0.05, 0.1) is 7.11 Å². The fraction of sp³-hybridized carbons (Fsp3) is 0.208. The van der Waals surface area contributed by atoms with Gasteiger partial charge in [0, 0.05) is 16.8 Å². The van der Waals surface area contributed by atoms with Crippen molar-refractivity contribution in [2.75, 3.05) is 12.4 Å². The number of methoxy groups -OCH3 is 1. The van der Waals surface area contributed by atoms with Crippen LogP contribution < -0.4 is 14.8 Å². The Morgan fingerprint density at radius 2 is 1.79 bits per heavy atom. The highest BCUT2D eigenvalue weighted by atomic mass is 19.1. The molecule has 1 amide bonds. The molecule has 0 saturated heterocycles. The Bertz CT molecular complexity index is 1050. The summed E-state index contributed by atoms with van der Waals surface area (Å²) in [6.45, 7) is 6.35. The number of carbonyl (C=O) groups excluding carboxylic acids is 1. The molecule has 0 spiro atoms. The van der Waals surface area contributed by atoms with Crippen LogP contribution in [0.1, 0.15) is 32.6 Å². The minimum Gasteiger partial charge on any atom is -0.496 e. The van der Waals surface area contributed by atoms with E-state index in [-0.39, 0.29) is 12.5 Å². The van der Waals surface area contributed by atoms with Gasteiger partial charge in [0.15, 0.2) is 0 Å². The van der Waals surface area contributed by atoms with E-state index in [4.69, 9.17) is 9.47 Å². The largest absolute Gasteiger partial charge is 0.496 e. The number of carbonyl (C=O) groups is 1. The van der Waals surface area contributed by atoms with Gasteiger partial charge in [-0.05, 0) is 79.9 Å². The SMILES string of the molecule is COc1ccc(C(=O)Nc2cccc(F)c2)cc1COc1cc(C)cc(C)c1C. The Morgan fingerprint density at radius 1 is 1.00 bits per heavy atom. The molecule has 0 bridgehead atoms. The lowest BCUT2D eigenvalue weighted by Gasteiger charge is -2.15. The number of nitrogens with one attached hydrogen (secondary N) is 1. The molecule has 29 heavy (non-hydrogen) atoms. The topological polar surface area (TPSA) is 47.6 Å². The lowest BCUT2D eigenvalue weighted by Crippen LogP contribution is -2.13. The zero-order chi connectivity index (χ0) is 21.0. The molecule has 0 unspecified atom stereocenters. The highest BCUT2D eigenvalue weighted by molar-refractivity contribution is 6.04. The zero-order valence-corrected chi connectivity index (χ0v) is 17.0. The third-order valence-corrected chi connectivity index (χ3v) is 4.77. The maximum Gasteiger partial charge on any atom is 0.255 e. The van der Waals surface area contributed by atoms with Gasteiger partial charge < -0.3 is 14.8 Å². The summed E-state index contributed by atoms with van der Waals surface area (Å²) in [7, 11) is 1.58. The third-order valence-electron chi connectivity index (χ3n) is 4.77. The fourth-order valence-corrected chi connectivity index (χ4v) is 3.11. The summed E-state index contributed by atoms with van der Waals surface area (Å²) in [4.78, 5) is 12.6. The number of hydrogen-bond acceptors (Lipinski definition) is 3. The van der Waals surface area contributed by atoms with E-state index in [2.05, 4.69) is 11.4 Å². The first-order chi connectivity index (χ1) is 13.9. The van der Waals surface area contributed by atoms with E-state index in [9.17, 15) is 9.18 Å². The fourth-order valence-electron chi connectivity index (χ4n) is 3.11.